The molecular formula is C19H15ClFNO2S. The Bertz CT molecular complexity index is 991. The average molecular weight is 376 g/mol. The summed E-state index contributed by atoms with van der Waals surface area (Å²) < 4.78 is 40.6. The van der Waals surface area contributed by atoms with Gasteiger partial charge in [-0.25, -0.2) is 12.8 Å². The Kier molecular flexibility index (Phi) is 5.06. The maximum absolute atomic E-state index is 13.1. The summed E-state index contributed by atoms with van der Waals surface area (Å²) in [5.74, 6) is -0.589. The predicted molar refractivity (Wildman–Crippen MR) is 97.9 cm³/mol. The standard InChI is InChI=1S/C19H15ClFNO2S/c20-18-13-16(21)9-10-19(18)25(23,24)22-17-8-4-7-15(12-17)11-14-5-2-1-3-6-14/h1-10,12-13,22H,11H2. The Morgan fingerprint density at radius 1 is 0.880 bits per heavy atom. The summed E-state index contributed by atoms with van der Waals surface area (Å²) in [6, 6.07) is 20.2. The molecule has 0 bridgehead atoms. The maximum Gasteiger partial charge on any atom is 0.263 e. The van der Waals surface area contributed by atoms with Crippen LogP contribution in [0.3, 0.4) is 0 Å². The molecule has 3 nitrogen and oxygen atoms in total. The van der Waals surface area contributed by atoms with Gasteiger partial charge in [0, 0.05) is 5.69 Å². The van der Waals surface area contributed by atoms with Gasteiger partial charge < -0.3 is 0 Å². The average Bonchev–Trinajstić information content (AvgIpc) is 2.55. The van der Waals surface area contributed by atoms with Gasteiger partial charge in [0.1, 0.15) is 10.7 Å². The summed E-state index contributed by atoms with van der Waals surface area (Å²) in [4.78, 5) is -0.163. The van der Waals surface area contributed by atoms with Gasteiger partial charge in [0.15, 0.2) is 0 Å². The van der Waals surface area contributed by atoms with Crippen LogP contribution in [0.4, 0.5) is 10.1 Å². The zero-order valence-electron chi connectivity index (χ0n) is 13.1. The highest BCUT2D eigenvalue weighted by molar-refractivity contribution is 7.92. The summed E-state index contributed by atoms with van der Waals surface area (Å²) in [6.45, 7) is 0. The number of anilines is 1. The molecule has 25 heavy (non-hydrogen) atoms. The molecule has 3 aromatic rings. The first-order valence-electron chi connectivity index (χ1n) is 7.55. The fourth-order valence-electron chi connectivity index (χ4n) is 2.48. The van der Waals surface area contributed by atoms with E-state index in [1.165, 1.54) is 0 Å². The van der Waals surface area contributed by atoms with E-state index in [0.717, 1.165) is 29.3 Å². The Morgan fingerprint density at radius 2 is 1.60 bits per heavy atom. The third-order valence-corrected chi connectivity index (χ3v) is 5.48. The second-order valence-corrected chi connectivity index (χ2v) is 7.60. The van der Waals surface area contributed by atoms with Crippen molar-refractivity contribution in [1.29, 1.82) is 0 Å². The van der Waals surface area contributed by atoms with Crippen molar-refractivity contribution < 1.29 is 12.8 Å². The lowest BCUT2D eigenvalue weighted by molar-refractivity contribution is 0.600. The lowest BCUT2D eigenvalue weighted by Gasteiger charge is -2.11. The van der Waals surface area contributed by atoms with Gasteiger partial charge in [-0.05, 0) is 47.9 Å². The maximum atomic E-state index is 13.1. The first-order chi connectivity index (χ1) is 11.9. The summed E-state index contributed by atoms with van der Waals surface area (Å²) in [5.41, 5.74) is 2.52. The molecule has 0 aliphatic rings. The molecule has 0 aromatic heterocycles. The van der Waals surface area contributed by atoms with E-state index in [1.807, 2.05) is 36.4 Å². The van der Waals surface area contributed by atoms with E-state index in [9.17, 15) is 12.8 Å². The topological polar surface area (TPSA) is 46.2 Å². The number of halogens is 2. The van der Waals surface area contributed by atoms with Gasteiger partial charge in [0.05, 0.1) is 5.02 Å². The third kappa shape index (κ3) is 4.38. The van der Waals surface area contributed by atoms with Crippen molar-refractivity contribution in [2.75, 3.05) is 4.72 Å². The summed E-state index contributed by atoms with van der Waals surface area (Å²) in [5, 5.41) is -0.159. The Balaban J connectivity index is 1.84. The van der Waals surface area contributed by atoms with E-state index in [-0.39, 0.29) is 9.92 Å². The molecule has 0 spiro atoms. The molecule has 128 valence electrons. The number of nitrogens with one attached hydrogen (secondary N) is 1. The van der Waals surface area contributed by atoms with Crippen molar-refractivity contribution in [3.8, 4) is 0 Å². The molecule has 1 N–H and O–H groups in total. The van der Waals surface area contributed by atoms with Gasteiger partial charge >= 0.3 is 0 Å². The Hall–Kier alpha value is -2.37. The minimum Gasteiger partial charge on any atom is -0.280 e. The van der Waals surface area contributed by atoms with Gasteiger partial charge in [-0.15, -0.1) is 0 Å². The molecule has 0 unspecified atom stereocenters. The Labute approximate surface area is 151 Å². The lowest BCUT2D eigenvalue weighted by Crippen LogP contribution is -2.13. The fraction of sp³-hybridized carbons (Fsp3) is 0.0526. The van der Waals surface area contributed by atoms with Crippen molar-refractivity contribution in [2.45, 2.75) is 11.3 Å². The molecule has 0 radical (unpaired) electrons. The van der Waals surface area contributed by atoms with Crippen molar-refractivity contribution in [1.82, 2.24) is 0 Å². The van der Waals surface area contributed by atoms with Gasteiger partial charge in [0.2, 0.25) is 0 Å². The molecule has 0 aliphatic carbocycles. The summed E-state index contributed by atoms with van der Waals surface area (Å²) >= 11 is 5.86. The Morgan fingerprint density at radius 3 is 2.32 bits per heavy atom. The van der Waals surface area contributed by atoms with Crippen LogP contribution in [-0.2, 0) is 16.4 Å². The molecular weight excluding hydrogens is 361 g/mol. The van der Waals surface area contributed by atoms with Crippen molar-refractivity contribution >= 4 is 27.3 Å². The van der Waals surface area contributed by atoms with E-state index >= 15 is 0 Å². The van der Waals surface area contributed by atoms with Crippen molar-refractivity contribution in [2.24, 2.45) is 0 Å². The summed E-state index contributed by atoms with van der Waals surface area (Å²) in [7, 11) is -3.90. The second kappa shape index (κ2) is 7.25. The fourth-order valence-corrected chi connectivity index (χ4v) is 4.06. The highest BCUT2D eigenvalue weighted by Gasteiger charge is 2.18. The molecule has 0 fully saturated rings. The molecule has 6 heteroatoms. The zero-order chi connectivity index (χ0) is 17.9. The molecule has 0 aliphatic heterocycles. The predicted octanol–water partition coefficient (Wildman–Crippen LogP) is 4.87. The minimum atomic E-state index is -3.90. The van der Waals surface area contributed by atoms with E-state index < -0.39 is 15.8 Å². The number of hydrogen-bond donors (Lipinski definition) is 1. The van der Waals surface area contributed by atoms with Crippen LogP contribution in [0.1, 0.15) is 11.1 Å². The van der Waals surface area contributed by atoms with Crippen molar-refractivity contribution in [3.05, 3.63) is 94.8 Å². The van der Waals surface area contributed by atoms with Gasteiger partial charge in [0.25, 0.3) is 10.0 Å². The van der Waals surface area contributed by atoms with Crippen LogP contribution in [0.5, 0.6) is 0 Å². The van der Waals surface area contributed by atoms with Crippen LogP contribution in [-0.4, -0.2) is 8.42 Å². The first-order valence-corrected chi connectivity index (χ1v) is 9.41. The van der Waals surface area contributed by atoms with Gasteiger partial charge in [-0.3, -0.25) is 4.72 Å². The van der Waals surface area contributed by atoms with E-state index in [0.29, 0.717) is 12.1 Å². The van der Waals surface area contributed by atoms with Gasteiger partial charge in [-0.1, -0.05) is 54.1 Å². The third-order valence-electron chi connectivity index (χ3n) is 3.61. The smallest absolute Gasteiger partial charge is 0.263 e. The number of sulfonamides is 1. The van der Waals surface area contributed by atoms with Crippen LogP contribution in [0.15, 0.2) is 77.7 Å². The molecule has 0 atom stereocenters. The molecule has 0 heterocycles. The molecule has 3 aromatic carbocycles. The molecule has 0 amide bonds. The van der Waals surface area contributed by atoms with Crippen molar-refractivity contribution in [3.63, 3.8) is 0 Å². The van der Waals surface area contributed by atoms with E-state index in [4.69, 9.17) is 11.6 Å². The van der Waals surface area contributed by atoms with E-state index in [1.54, 1.807) is 18.2 Å². The van der Waals surface area contributed by atoms with Crippen LogP contribution in [0.2, 0.25) is 5.02 Å². The van der Waals surface area contributed by atoms with E-state index in [2.05, 4.69) is 4.72 Å². The second-order valence-electron chi connectivity index (χ2n) is 5.54. The number of hydrogen-bond acceptors (Lipinski definition) is 2. The highest BCUT2D eigenvalue weighted by atomic mass is 35.5. The lowest BCUT2D eigenvalue weighted by atomic mass is 10.0. The normalized spacial score (nSPS) is 11.3. The highest BCUT2D eigenvalue weighted by Crippen LogP contribution is 2.25. The molecule has 3 rings (SSSR count). The number of rotatable bonds is 5. The largest absolute Gasteiger partial charge is 0.280 e. The van der Waals surface area contributed by atoms with Gasteiger partial charge in [-0.2, -0.15) is 0 Å². The first kappa shape index (κ1) is 17.5. The van der Waals surface area contributed by atoms with Crippen LogP contribution in [0, 0.1) is 5.82 Å². The van der Waals surface area contributed by atoms with Crippen LogP contribution < -0.4 is 4.72 Å². The zero-order valence-corrected chi connectivity index (χ0v) is 14.7. The molecule has 0 saturated heterocycles. The van der Waals surface area contributed by atoms with Crippen LogP contribution in [0.25, 0.3) is 0 Å². The molecule has 0 saturated carbocycles. The monoisotopic (exact) mass is 375 g/mol. The quantitative estimate of drug-likeness (QED) is 0.691. The number of benzene rings is 3. The SMILES string of the molecule is O=S(=O)(Nc1cccc(Cc2ccccc2)c1)c1ccc(F)cc1Cl. The minimum absolute atomic E-state index is 0.159. The van der Waals surface area contributed by atoms with Crippen LogP contribution >= 0.6 is 11.6 Å². The summed E-state index contributed by atoms with van der Waals surface area (Å²) in [6.07, 6.45) is 0.688.